The summed E-state index contributed by atoms with van der Waals surface area (Å²) < 4.78 is 1.90. The summed E-state index contributed by atoms with van der Waals surface area (Å²) >= 11 is 1.51. The van der Waals surface area contributed by atoms with Gasteiger partial charge in [0, 0.05) is 28.7 Å². The maximum Gasteiger partial charge on any atom is 0.230 e. The number of nitrogens with zero attached hydrogens (tertiary/aromatic N) is 3. The lowest BCUT2D eigenvalue weighted by Gasteiger charge is -2.10. The first-order valence-electron chi connectivity index (χ1n) is 10.7. The van der Waals surface area contributed by atoms with E-state index in [9.17, 15) is 4.79 Å². The minimum absolute atomic E-state index is 0.0623. The molecule has 5 nitrogen and oxygen atoms in total. The van der Waals surface area contributed by atoms with Gasteiger partial charge in [0.1, 0.15) is 0 Å². The number of hydrogen-bond donors (Lipinski definition) is 1. The van der Waals surface area contributed by atoms with E-state index in [-0.39, 0.29) is 12.3 Å². The van der Waals surface area contributed by atoms with Crippen molar-refractivity contribution < 1.29 is 4.79 Å². The highest BCUT2D eigenvalue weighted by atomic mass is 32.1. The van der Waals surface area contributed by atoms with Gasteiger partial charge in [0.15, 0.2) is 0 Å². The molecule has 1 N–H and O–H groups in total. The van der Waals surface area contributed by atoms with E-state index < -0.39 is 0 Å². The molecule has 0 atom stereocenters. The summed E-state index contributed by atoms with van der Waals surface area (Å²) in [6.45, 7) is 10.2. The first-order valence-corrected chi connectivity index (χ1v) is 11.6. The molecule has 0 fully saturated rings. The number of amides is 1. The van der Waals surface area contributed by atoms with E-state index in [1.54, 1.807) is 0 Å². The van der Waals surface area contributed by atoms with Crippen molar-refractivity contribution in [3.05, 3.63) is 92.7 Å². The number of thiazole rings is 1. The summed E-state index contributed by atoms with van der Waals surface area (Å²) in [5, 5.41) is 10.5. The van der Waals surface area contributed by atoms with Crippen molar-refractivity contribution in [2.75, 3.05) is 5.32 Å². The first kappa shape index (κ1) is 22.0. The lowest BCUT2D eigenvalue weighted by Crippen LogP contribution is -2.16. The molecule has 0 saturated carbocycles. The minimum Gasteiger partial charge on any atom is -0.325 e. The molecule has 2 aromatic heterocycles. The van der Waals surface area contributed by atoms with Crippen LogP contribution in [0.25, 0.3) is 5.13 Å². The molecule has 0 aliphatic carbocycles. The van der Waals surface area contributed by atoms with E-state index in [0.29, 0.717) is 0 Å². The van der Waals surface area contributed by atoms with Gasteiger partial charge in [-0.05, 0) is 51.3 Å². The van der Waals surface area contributed by atoms with Crippen LogP contribution in [0, 0.1) is 34.6 Å². The van der Waals surface area contributed by atoms with Crippen LogP contribution in [0.1, 0.15) is 44.9 Å². The monoisotopic (exact) mass is 444 g/mol. The molecule has 0 aliphatic rings. The van der Waals surface area contributed by atoms with Gasteiger partial charge in [-0.15, -0.1) is 11.3 Å². The molecule has 0 aliphatic heterocycles. The quantitative estimate of drug-likeness (QED) is 0.418. The molecular formula is C26H28N4OS. The summed E-state index contributed by atoms with van der Waals surface area (Å²) in [5.74, 6) is -0.0623. The number of benzene rings is 2. The smallest absolute Gasteiger partial charge is 0.230 e. The third kappa shape index (κ3) is 4.65. The van der Waals surface area contributed by atoms with Crippen molar-refractivity contribution >= 4 is 22.9 Å². The Morgan fingerprint density at radius 2 is 1.69 bits per heavy atom. The number of hydrogen-bond acceptors (Lipinski definition) is 4. The molecule has 0 saturated heterocycles. The SMILES string of the molecule is Cc1ccc(Cc2c(C)nn(-c3nc(CC(=O)Nc4c(C)cccc4C)cs3)c2C)cc1. The van der Waals surface area contributed by atoms with Crippen molar-refractivity contribution in [1.82, 2.24) is 14.8 Å². The molecule has 0 spiro atoms. The van der Waals surface area contributed by atoms with Gasteiger partial charge in [-0.2, -0.15) is 5.10 Å². The highest BCUT2D eigenvalue weighted by molar-refractivity contribution is 7.12. The second kappa shape index (κ2) is 9.09. The minimum atomic E-state index is -0.0623. The fourth-order valence-corrected chi connectivity index (χ4v) is 4.69. The van der Waals surface area contributed by atoms with Gasteiger partial charge >= 0.3 is 0 Å². The maximum absolute atomic E-state index is 12.6. The van der Waals surface area contributed by atoms with Crippen LogP contribution in [0.5, 0.6) is 0 Å². The molecule has 0 radical (unpaired) electrons. The average Bonchev–Trinajstić information content (AvgIpc) is 3.32. The van der Waals surface area contributed by atoms with Gasteiger partial charge in [-0.3, -0.25) is 4.79 Å². The second-order valence-corrected chi connectivity index (χ2v) is 9.17. The Balaban J connectivity index is 1.50. The molecule has 4 aromatic rings. The predicted molar refractivity (Wildman–Crippen MR) is 131 cm³/mol. The fourth-order valence-electron chi connectivity index (χ4n) is 3.86. The third-order valence-corrected chi connectivity index (χ3v) is 6.62. The summed E-state index contributed by atoms with van der Waals surface area (Å²) in [6.07, 6.45) is 1.08. The van der Waals surface area contributed by atoms with Crippen LogP contribution >= 0.6 is 11.3 Å². The average molecular weight is 445 g/mol. The summed E-state index contributed by atoms with van der Waals surface area (Å²) in [4.78, 5) is 17.3. The molecule has 1 amide bonds. The van der Waals surface area contributed by atoms with E-state index in [2.05, 4.69) is 43.4 Å². The summed E-state index contributed by atoms with van der Waals surface area (Å²) in [7, 11) is 0. The number of rotatable bonds is 6. The summed E-state index contributed by atoms with van der Waals surface area (Å²) in [5.41, 5.74) is 9.59. The number of carbonyl (C=O) groups excluding carboxylic acids is 1. The Labute approximate surface area is 193 Å². The van der Waals surface area contributed by atoms with Crippen molar-refractivity contribution in [1.29, 1.82) is 0 Å². The van der Waals surface area contributed by atoms with Gasteiger partial charge in [0.2, 0.25) is 11.0 Å². The number of carbonyl (C=O) groups is 1. The highest BCUT2D eigenvalue weighted by Crippen LogP contribution is 2.24. The zero-order chi connectivity index (χ0) is 22.8. The predicted octanol–water partition coefficient (Wildman–Crippen LogP) is 5.64. The van der Waals surface area contributed by atoms with Gasteiger partial charge in [-0.25, -0.2) is 9.67 Å². The van der Waals surface area contributed by atoms with Gasteiger partial charge in [0.05, 0.1) is 17.8 Å². The first-order chi connectivity index (χ1) is 15.3. The molecule has 32 heavy (non-hydrogen) atoms. The van der Waals surface area contributed by atoms with E-state index in [4.69, 9.17) is 10.1 Å². The molecular weight excluding hydrogens is 416 g/mol. The van der Waals surface area contributed by atoms with Crippen LogP contribution in [-0.2, 0) is 17.6 Å². The molecule has 164 valence electrons. The number of nitrogens with one attached hydrogen (secondary N) is 1. The normalized spacial score (nSPS) is 11.0. The third-order valence-electron chi connectivity index (χ3n) is 5.75. The molecule has 0 bridgehead atoms. The maximum atomic E-state index is 12.6. The Kier molecular flexibility index (Phi) is 6.24. The standard InChI is InChI=1S/C26H28N4OS/c1-16-9-11-21(12-10-16)13-23-19(4)29-30(20(23)5)26-27-22(15-32-26)14-24(31)28-25-17(2)7-6-8-18(25)3/h6-12,15H,13-14H2,1-5H3,(H,28,31). The van der Waals surface area contributed by atoms with Crippen LogP contribution in [0.2, 0.25) is 0 Å². The van der Waals surface area contributed by atoms with Crippen molar-refractivity contribution in [2.45, 2.75) is 47.5 Å². The van der Waals surface area contributed by atoms with E-state index in [1.807, 2.05) is 49.0 Å². The fraction of sp³-hybridized carbons (Fsp3) is 0.269. The lowest BCUT2D eigenvalue weighted by atomic mass is 10.0. The Bertz CT molecular complexity index is 1250. The number of para-hydroxylation sites is 1. The lowest BCUT2D eigenvalue weighted by molar-refractivity contribution is -0.115. The zero-order valence-electron chi connectivity index (χ0n) is 19.2. The van der Waals surface area contributed by atoms with E-state index in [0.717, 1.165) is 45.4 Å². The van der Waals surface area contributed by atoms with E-state index >= 15 is 0 Å². The number of aromatic nitrogens is 3. The van der Waals surface area contributed by atoms with Crippen LogP contribution in [0.3, 0.4) is 0 Å². The van der Waals surface area contributed by atoms with Crippen LogP contribution < -0.4 is 5.32 Å². The Morgan fingerprint density at radius 1 is 1.00 bits per heavy atom. The Hall–Kier alpha value is -3.25. The van der Waals surface area contributed by atoms with Crippen LogP contribution in [-0.4, -0.2) is 20.7 Å². The number of aryl methyl sites for hydroxylation is 4. The van der Waals surface area contributed by atoms with Crippen molar-refractivity contribution in [3.63, 3.8) is 0 Å². The van der Waals surface area contributed by atoms with Crippen LogP contribution in [0.15, 0.2) is 47.8 Å². The second-order valence-electron chi connectivity index (χ2n) is 8.34. The molecule has 0 unspecified atom stereocenters. The Morgan fingerprint density at radius 3 is 2.38 bits per heavy atom. The molecule has 2 heterocycles. The topological polar surface area (TPSA) is 59.8 Å². The zero-order valence-corrected chi connectivity index (χ0v) is 20.0. The van der Waals surface area contributed by atoms with E-state index in [1.165, 1.54) is 28.0 Å². The highest BCUT2D eigenvalue weighted by Gasteiger charge is 2.17. The molecule has 2 aromatic carbocycles. The number of anilines is 1. The van der Waals surface area contributed by atoms with Gasteiger partial charge in [-0.1, -0.05) is 48.0 Å². The van der Waals surface area contributed by atoms with Crippen molar-refractivity contribution in [3.8, 4) is 5.13 Å². The van der Waals surface area contributed by atoms with Crippen molar-refractivity contribution in [2.24, 2.45) is 0 Å². The molecule has 4 rings (SSSR count). The molecule has 6 heteroatoms. The summed E-state index contributed by atoms with van der Waals surface area (Å²) in [6, 6.07) is 14.6. The largest absolute Gasteiger partial charge is 0.325 e. The van der Waals surface area contributed by atoms with Crippen LogP contribution in [0.4, 0.5) is 5.69 Å². The van der Waals surface area contributed by atoms with Gasteiger partial charge in [0.25, 0.3) is 0 Å². The van der Waals surface area contributed by atoms with Gasteiger partial charge < -0.3 is 5.32 Å².